The Hall–Kier alpha value is -1.40. The Morgan fingerprint density at radius 1 is 1.21 bits per heavy atom. The minimum absolute atomic E-state index is 0.0377. The Bertz CT molecular complexity index is 665. The van der Waals surface area contributed by atoms with Gasteiger partial charge >= 0.3 is 0 Å². The number of hydrogen-bond acceptors (Lipinski definition) is 5. The van der Waals surface area contributed by atoms with Gasteiger partial charge in [0.05, 0.1) is 12.0 Å². The van der Waals surface area contributed by atoms with Crippen LogP contribution in [0.25, 0.3) is 0 Å². The monoisotopic (exact) mass is 354 g/mol. The molecule has 24 heavy (non-hydrogen) atoms. The molecule has 2 atom stereocenters. The maximum atomic E-state index is 12.6. The molecule has 134 valence electrons. The molecule has 0 spiro atoms. The number of hydrogen-bond donors (Lipinski definition) is 0. The van der Waals surface area contributed by atoms with Crippen LogP contribution in [0.2, 0.25) is 0 Å². The third-order valence-corrected chi connectivity index (χ3v) is 6.10. The molecule has 1 fully saturated rings. The van der Waals surface area contributed by atoms with Crippen LogP contribution in [-0.2, 0) is 19.1 Å². The first-order valence-electron chi connectivity index (χ1n) is 8.44. The van der Waals surface area contributed by atoms with Crippen molar-refractivity contribution >= 4 is 15.9 Å². The second kappa shape index (κ2) is 7.66. The lowest BCUT2D eigenvalue weighted by atomic mass is 9.82. The predicted octanol–water partition coefficient (Wildman–Crippen LogP) is 3.72. The first-order valence-corrected chi connectivity index (χ1v) is 9.85. The molecule has 5 nitrogen and oxygen atoms in total. The van der Waals surface area contributed by atoms with Gasteiger partial charge < -0.3 is 4.74 Å². The van der Waals surface area contributed by atoms with E-state index in [0.717, 1.165) is 25.7 Å². The van der Waals surface area contributed by atoms with Gasteiger partial charge in [-0.1, -0.05) is 33.1 Å². The summed E-state index contributed by atoms with van der Waals surface area (Å²) in [6.07, 6.45) is 4.21. The minimum Gasteiger partial charge on any atom is -0.497 e. The van der Waals surface area contributed by atoms with Crippen molar-refractivity contribution in [3.63, 3.8) is 0 Å². The van der Waals surface area contributed by atoms with E-state index < -0.39 is 21.6 Å². The molecule has 0 aliphatic heterocycles. The number of methoxy groups -OCH3 is 1. The number of unbranched alkanes of at least 4 members (excludes halogenated alkanes) is 2. The number of benzene rings is 1. The van der Waals surface area contributed by atoms with Gasteiger partial charge in [-0.2, -0.15) is 8.42 Å². The van der Waals surface area contributed by atoms with Crippen molar-refractivity contribution in [2.75, 3.05) is 7.11 Å². The lowest BCUT2D eigenvalue weighted by Gasteiger charge is -2.22. The number of ketones is 1. The molecule has 1 saturated carbocycles. The summed E-state index contributed by atoms with van der Waals surface area (Å²) in [7, 11) is -2.44. The molecule has 0 saturated heterocycles. The minimum atomic E-state index is -3.95. The second-order valence-corrected chi connectivity index (χ2v) is 8.21. The van der Waals surface area contributed by atoms with E-state index in [1.54, 1.807) is 12.1 Å². The van der Waals surface area contributed by atoms with Crippen LogP contribution in [-0.4, -0.2) is 27.4 Å². The lowest BCUT2D eigenvalue weighted by Crippen LogP contribution is -2.31. The fourth-order valence-corrected chi connectivity index (χ4v) is 4.22. The van der Waals surface area contributed by atoms with E-state index in [-0.39, 0.29) is 10.7 Å². The summed E-state index contributed by atoms with van der Waals surface area (Å²) >= 11 is 0. The number of carbonyl (C=O) groups is 1. The molecule has 0 amide bonds. The fraction of sp³-hybridized carbons (Fsp3) is 0.611. The largest absolute Gasteiger partial charge is 0.497 e. The zero-order chi connectivity index (χ0) is 17.8. The third kappa shape index (κ3) is 4.16. The average molecular weight is 354 g/mol. The molecule has 0 unspecified atom stereocenters. The third-order valence-electron chi connectivity index (χ3n) is 4.77. The summed E-state index contributed by atoms with van der Waals surface area (Å²) in [5.74, 6) is 0.477. The smallest absolute Gasteiger partial charge is 0.297 e. The Kier molecular flexibility index (Phi) is 6.04. The molecule has 1 aromatic rings. The van der Waals surface area contributed by atoms with Crippen LogP contribution >= 0.6 is 0 Å². The predicted molar refractivity (Wildman–Crippen MR) is 91.5 cm³/mol. The SMILES string of the molecule is CCCCC[C@@]1(C)CC[C@H](OS(=O)(=O)c2ccc(OC)cc2)C1=O. The van der Waals surface area contributed by atoms with E-state index in [9.17, 15) is 13.2 Å². The van der Waals surface area contributed by atoms with Crippen LogP contribution in [0.3, 0.4) is 0 Å². The molecule has 1 aromatic carbocycles. The fourth-order valence-electron chi connectivity index (χ4n) is 3.15. The van der Waals surface area contributed by atoms with Crippen molar-refractivity contribution in [3.8, 4) is 5.75 Å². The first kappa shape index (κ1) is 18.9. The topological polar surface area (TPSA) is 69.7 Å². The van der Waals surface area contributed by atoms with E-state index in [0.29, 0.717) is 18.6 Å². The summed E-state index contributed by atoms with van der Waals surface area (Å²) in [5.41, 5.74) is -0.463. The van der Waals surface area contributed by atoms with E-state index in [4.69, 9.17) is 8.92 Å². The van der Waals surface area contributed by atoms with Crippen LogP contribution in [0.5, 0.6) is 5.75 Å². The van der Waals surface area contributed by atoms with Crippen LogP contribution in [0, 0.1) is 5.41 Å². The van der Waals surface area contributed by atoms with Gasteiger partial charge in [-0.15, -0.1) is 0 Å². The quantitative estimate of drug-likeness (QED) is 0.526. The molecule has 6 heteroatoms. The standard InChI is InChI=1S/C18H26O5S/c1-4-5-6-12-18(2)13-11-16(17(18)19)23-24(20,21)15-9-7-14(22-3)8-10-15/h7-10,16H,4-6,11-13H2,1-3H3/t16-,18-/m0/s1. The highest BCUT2D eigenvalue weighted by atomic mass is 32.2. The molecule has 0 N–H and O–H groups in total. The van der Waals surface area contributed by atoms with Crippen LogP contribution < -0.4 is 4.74 Å². The summed E-state index contributed by atoms with van der Waals surface area (Å²) in [6, 6.07) is 5.96. The Labute approximate surface area is 144 Å². The number of carbonyl (C=O) groups excluding carboxylic acids is 1. The zero-order valence-corrected chi connectivity index (χ0v) is 15.4. The molecule has 0 radical (unpaired) electrons. The van der Waals surface area contributed by atoms with Crippen molar-refractivity contribution in [2.45, 2.75) is 63.4 Å². The van der Waals surface area contributed by atoms with Gasteiger partial charge in [0.25, 0.3) is 10.1 Å². The van der Waals surface area contributed by atoms with Gasteiger partial charge in [0.2, 0.25) is 0 Å². The molecule has 1 aliphatic carbocycles. The maximum Gasteiger partial charge on any atom is 0.297 e. The molecular formula is C18H26O5S. The number of rotatable bonds is 8. The van der Waals surface area contributed by atoms with E-state index >= 15 is 0 Å². The van der Waals surface area contributed by atoms with Crippen molar-refractivity contribution in [1.29, 1.82) is 0 Å². The van der Waals surface area contributed by atoms with Gasteiger partial charge in [-0.3, -0.25) is 8.98 Å². The van der Waals surface area contributed by atoms with Gasteiger partial charge in [0.15, 0.2) is 5.78 Å². The number of ether oxygens (including phenoxy) is 1. The molecule has 0 heterocycles. The van der Waals surface area contributed by atoms with Crippen molar-refractivity contribution in [3.05, 3.63) is 24.3 Å². The summed E-state index contributed by atoms with van der Waals surface area (Å²) in [6.45, 7) is 4.04. The molecule has 2 rings (SSSR count). The van der Waals surface area contributed by atoms with Crippen molar-refractivity contribution in [2.24, 2.45) is 5.41 Å². The molecule has 1 aliphatic rings. The maximum absolute atomic E-state index is 12.6. The van der Waals surface area contributed by atoms with Gasteiger partial charge in [-0.25, -0.2) is 0 Å². The van der Waals surface area contributed by atoms with E-state index in [2.05, 4.69) is 6.92 Å². The Morgan fingerprint density at radius 3 is 2.46 bits per heavy atom. The average Bonchev–Trinajstić information content (AvgIpc) is 2.83. The van der Waals surface area contributed by atoms with E-state index in [1.807, 2.05) is 6.92 Å². The molecule has 0 aromatic heterocycles. The second-order valence-electron chi connectivity index (χ2n) is 6.64. The summed E-state index contributed by atoms with van der Waals surface area (Å²) < 4.78 is 35.0. The molecule has 0 bridgehead atoms. The summed E-state index contributed by atoms with van der Waals surface area (Å²) in [5, 5.41) is 0. The Morgan fingerprint density at radius 2 is 1.88 bits per heavy atom. The molecular weight excluding hydrogens is 328 g/mol. The normalized spacial score (nSPS) is 24.3. The lowest BCUT2D eigenvalue weighted by molar-refractivity contribution is -0.130. The van der Waals surface area contributed by atoms with Gasteiger partial charge in [-0.05, 0) is 43.5 Å². The first-order chi connectivity index (χ1) is 11.3. The Balaban J connectivity index is 2.06. The van der Waals surface area contributed by atoms with Crippen LogP contribution in [0.4, 0.5) is 0 Å². The van der Waals surface area contributed by atoms with Crippen LogP contribution in [0.15, 0.2) is 29.2 Å². The van der Waals surface area contributed by atoms with Gasteiger partial charge in [0, 0.05) is 5.41 Å². The van der Waals surface area contributed by atoms with Gasteiger partial charge in [0.1, 0.15) is 11.9 Å². The number of Topliss-reactive ketones (excluding diaryl/α,β-unsaturated/α-hetero) is 1. The van der Waals surface area contributed by atoms with E-state index in [1.165, 1.54) is 19.2 Å². The van der Waals surface area contributed by atoms with Crippen molar-refractivity contribution in [1.82, 2.24) is 0 Å². The van der Waals surface area contributed by atoms with Crippen molar-refractivity contribution < 1.29 is 22.1 Å². The highest BCUT2D eigenvalue weighted by molar-refractivity contribution is 7.86. The zero-order valence-electron chi connectivity index (χ0n) is 14.6. The van der Waals surface area contributed by atoms with Crippen LogP contribution in [0.1, 0.15) is 52.4 Å². The highest BCUT2D eigenvalue weighted by Crippen LogP contribution is 2.41. The summed E-state index contributed by atoms with van der Waals surface area (Å²) in [4.78, 5) is 12.7. The highest BCUT2D eigenvalue weighted by Gasteiger charge is 2.46.